The van der Waals surface area contributed by atoms with Gasteiger partial charge >= 0.3 is 5.97 Å². The third-order valence-electron chi connectivity index (χ3n) is 2.69. The van der Waals surface area contributed by atoms with E-state index in [2.05, 4.69) is 5.32 Å². The molecule has 0 saturated heterocycles. The smallest absolute Gasteiger partial charge is 0.343 e. The Morgan fingerprint density at radius 3 is 2.79 bits per heavy atom. The molecule has 0 fully saturated rings. The molecular weight excluding hydrogens is 252 g/mol. The minimum absolute atomic E-state index is 0.0213. The topological polar surface area (TPSA) is 102 Å². The summed E-state index contributed by atoms with van der Waals surface area (Å²) in [5, 5.41) is 22.9. The summed E-state index contributed by atoms with van der Waals surface area (Å²) in [6, 6.07) is 4.22. The van der Waals surface area contributed by atoms with Gasteiger partial charge < -0.3 is 15.2 Å². The Hall–Kier alpha value is -1.99. The lowest BCUT2D eigenvalue weighted by molar-refractivity contribution is -0.385. The van der Waals surface area contributed by atoms with E-state index in [1.807, 2.05) is 6.92 Å². The molecule has 0 spiro atoms. The normalized spacial score (nSPS) is 12.1. The van der Waals surface area contributed by atoms with Crippen LogP contribution in [0.25, 0.3) is 0 Å². The van der Waals surface area contributed by atoms with Crippen molar-refractivity contribution in [3.8, 4) is 0 Å². The van der Waals surface area contributed by atoms with Gasteiger partial charge in [0.15, 0.2) is 0 Å². The number of carboxylic acid groups (broad SMARTS) is 1. The number of rotatable bonds is 7. The van der Waals surface area contributed by atoms with E-state index in [9.17, 15) is 14.9 Å². The Morgan fingerprint density at radius 2 is 2.26 bits per heavy atom. The highest BCUT2D eigenvalue weighted by molar-refractivity contribution is 5.94. The van der Waals surface area contributed by atoms with Crippen LogP contribution in [0.2, 0.25) is 0 Å². The minimum atomic E-state index is -1.30. The van der Waals surface area contributed by atoms with Gasteiger partial charge in [0, 0.05) is 26.3 Å². The number of methoxy groups -OCH3 is 1. The van der Waals surface area contributed by atoms with E-state index in [-0.39, 0.29) is 18.2 Å². The highest BCUT2D eigenvalue weighted by Crippen LogP contribution is 2.22. The first kappa shape index (κ1) is 15.1. The molecule has 1 aromatic rings. The molecule has 0 amide bonds. The first-order valence-electron chi connectivity index (χ1n) is 5.70. The van der Waals surface area contributed by atoms with Crippen molar-refractivity contribution in [1.29, 1.82) is 0 Å². The number of hydrogen-bond acceptors (Lipinski definition) is 5. The van der Waals surface area contributed by atoms with Gasteiger partial charge in [0.25, 0.3) is 5.69 Å². The highest BCUT2D eigenvalue weighted by atomic mass is 16.6. The fourth-order valence-electron chi connectivity index (χ4n) is 1.63. The van der Waals surface area contributed by atoms with Crippen molar-refractivity contribution >= 4 is 11.7 Å². The van der Waals surface area contributed by atoms with E-state index >= 15 is 0 Å². The summed E-state index contributed by atoms with van der Waals surface area (Å²) in [6.45, 7) is 2.62. The second-order valence-corrected chi connectivity index (χ2v) is 4.05. The lowest BCUT2D eigenvalue weighted by atomic mass is 10.1. The van der Waals surface area contributed by atoms with Crippen molar-refractivity contribution in [3.05, 3.63) is 39.4 Å². The van der Waals surface area contributed by atoms with Gasteiger partial charge in [-0.05, 0) is 12.5 Å². The van der Waals surface area contributed by atoms with Gasteiger partial charge in [0.1, 0.15) is 5.56 Å². The molecule has 19 heavy (non-hydrogen) atoms. The third-order valence-corrected chi connectivity index (χ3v) is 2.69. The Balaban J connectivity index is 2.91. The molecule has 2 N–H and O–H groups in total. The highest BCUT2D eigenvalue weighted by Gasteiger charge is 2.22. The molecule has 0 saturated carbocycles. The van der Waals surface area contributed by atoms with E-state index in [0.29, 0.717) is 12.1 Å². The van der Waals surface area contributed by atoms with Crippen molar-refractivity contribution in [1.82, 2.24) is 5.32 Å². The van der Waals surface area contributed by atoms with Crippen LogP contribution in [0.4, 0.5) is 5.69 Å². The van der Waals surface area contributed by atoms with Crippen molar-refractivity contribution < 1.29 is 19.6 Å². The largest absolute Gasteiger partial charge is 0.477 e. The van der Waals surface area contributed by atoms with Crippen molar-refractivity contribution in [2.24, 2.45) is 0 Å². The van der Waals surface area contributed by atoms with Gasteiger partial charge in [0.2, 0.25) is 0 Å². The van der Waals surface area contributed by atoms with E-state index < -0.39 is 16.6 Å². The van der Waals surface area contributed by atoms with Crippen molar-refractivity contribution in [2.45, 2.75) is 19.6 Å². The van der Waals surface area contributed by atoms with Crippen LogP contribution in [0.5, 0.6) is 0 Å². The van der Waals surface area contributed by atoms with Crippen LogP contribution in [-0.4, -0.2) is 35.8 Å². The molecule has 7 heteroatoms. The molecule has 1 rings (SSSR count). The fraction of sp³-hybridized carbons (Fsp3) is 0.417. The maximum atomic E-state index is 11.1. The zero-order valence-corrected chi connectivity index (χ0v) is 10.8. The van der Waals surface area contributed by atoms with Crippen LogP contribution >= 0.6 is 0 Å². The third kappa shape index (κ3) is 4.01. The Kier molecular flexibility index (Phi) is 5.40. The minimum Gasteiger partial charge on any atom is -0.477 e. The van der Waals surface area contributed by atoms with Gasteiger partial charge in [-0.2, -0.15) is 0 Å². The van der Waals surface area contributed by atoms with Gasteiger partial charge in [-0.3, -0.25) is 10.1 Å². The van der Waals surface area contributed by atoms with E-state index in [0.717, 1.165) is 0 Å². The summed E-state index contributed by atoms with van der Waals surface area (Å²) in [5.74, 6) is -1.30. The summed E-state index contributed by atoms with van der Waals surface area (Å²) < 4.78 is 5.04. The maximum Gasteiger partial charge on any atom is 0.343 e. The van der Waals surface area contributed by atoms with Crippen LogP contribution in [0.3, 0.4) is 0 Å². The number of aromatic carboxylic acids is 1. The van der Waals surface area contributed by atoms with Crippen LogP contribution in [0.1, 0.15) is 22.8 Å². The molecule has 0 radical (unpaired) electrons. The molecule has 7 nitrogen and oxygen atoms in total. The van der Waals surface area contributed by atoms with E-state index in [1.165, 1.54) is 12.1 Å². The summed E-state index contributed by atoms with van der Waals surface area (Å²) in [6.07, 6.45) is -0.0213. The summed E-state index contributed by atoms with van der Waals surface area (Å²) in [7, 11) is 1.57. The average molecular weight is 268 g/mol. The lowest BCUT2D eigenvalue weighted by Crippen LogP contribution is -2.26. The van der Waals surface area contributed by atoms with Crippen molar-refractivity contribution in [2.75, 3.05) is 13.7 Å². The van der Waals surface area contributed by atoms with Gasteiger partial charge in [-0.25, -0.2) is 4.79 Å². The molecule has 0 aliphatic rings. The fourth-order valence-corrected chi connectivity index (χ4v) is 1.63. The molecule has 1 atom stereocenters. The number of carbonyl (C=O) groups is 1. The lowest BCUT2D eigenvalue weighted by Gasteiger charge is -2.12. The standard InChI is InChI=1S/C12H16N2O5/c1-8(19-2)6-13-7-9-4-3-5-10(14(17)18)11(9)12(15)16/h3-5,8,13H,6-7H2,1-2H3,(H,15,16). The summed E-state index contributed by atoms with van der Waals surface area (Å²) in [4.78, 5) is 21.3. The average Bonchev–Trinajstić information content (AvgIpc) is 2.37. The van der Waals surface area contributed by atoms with Crippen LogP contribution in [0, 0.1) is 10.1 Å². The SMILES string of the molecule is COC(C)CNCc1cccc([N+](=O)[O-])c1C(=O)O. The number of nitrogens with zero attached hydrogens (tertiary/aromatic N) is 1. The summed E-state index contributed by atoms with van der Waals surface area (Å²) >= 11 is 0. The van der Waals surface area contributed by atoms with Gasteiger partial charge in [-0.15, -0.1) is 0 Å². The molecule has 0 heterocycles. The first-order chi connectivity index (χ1) is 8.97. The van der Waals surface area contributed by atoms with Gasteiger partial charge in [0.05, 0.1) is 11.0 Å². The number of benzene rings is 1. The Morgan fingerprint density at radius 1 is 1.58 bits per heavy atom. The van der Waals surface area contributed by atoms with Crippen LogP contribution in [-0.2, 0) is 11.3 Å². The summed E-state index contributed by atoms with van der Waals surface area (Å²) in [5.41, 5.74) is -0.290. The molecular formula is C12H16N2O5. The second kappa shape index (κ2) is 6.81. The number of nitro groups is 1. The van der Waals surface area contributed by atoms with E-state index in [1.54, 1.807) is 13.2 Å². The monoisotopic (exact) mass is 268 g/mol. The number of nitro benzene ring substituents is 1. The quantitative estimate of drug-likeness (QED) is 0.572. The molecule has 0 bridgehead atoms. The van der Waals surface area contributed by atoms with Crippen molar-refractivity contribution in [3.63, 3.8) is 0 Å². The molecule has 0 aliphatic heterocycles. The zero-order valence-electron chi connectivity index (χ0n) is 10.8. The molecule has 0 aliphatic carbocycles. The molecule has 1 unspecified atom stereocenters. The van der Waals surface area contributed by atoms with Crippen LogP contribution in [0.15, 0.2) is 18.2 Å². The predicted molar refractivity (Wildman–Crippen MR) is 68.2 cm³/mol. The maximum absolute atomic E-state index is 11.1. The van der Waals surface area contributed by atoms with E-state index in [4.69, 9.17) is 9.84 Å². The number of ether oxygens (including phenoxy) is 1. The molecule has 1 aromatic carbocycles. The Bertz CT molecular complexity index is 475. The number of hydrogen-bond donors (Lipinski definition) is 2. The molecule has 0 aromatic heterocycles. The number of carboxylic acids is 1. The van der Waals surface area contributed by atoms with Gasteiger partial charge in [-0.1, -0.05) is 12.1 Å². The second-order valence-electron chi connectivity index (χ2n) is 4.05. The predicted octanol–water partition coefficient (Wildman–Crippen LogP) is 1.42. The first-order valence-corrected chi connectivity index (χ1v) is 5.70. The number of nitrogens with one attached hydrogen (secondary N) is 1. The molecule has 104 valence electrons. The Labute approximate surface area is 110 Å². The van der Waals surface area contributed by atoms with Crippen LogP contribution < -0.4 is 5.32 Å². The zero-order chi connectivity index (χ0) is 14.4.